The molecule has 11 heavy (non-hydrogen) atoms. The summed E-state index contributed by atoms with van der Waals surface area (Å²) in [5.41, 5.74) is 0. The van der Waals surface area contributed by atoms with Crippen LogP contribution in [0.5, 0.6) is 0 Å². The van der Waals surface area contributed by atoms with Gasteiger partial charge >= 0.3 is 15.9 Å². The van der Waals surface area contributed by atoms with Crippen LogP contribution in [-0.2, 0) is 17.1 Å². The van der Waals surface area contributed by atoms with Gasteiger partial charge in [-0.1, -0.05) is 0 Å². The zero-order chi connectivity index (χ0) is 8.36. The molecule has 0 aromatic rings. The molecule has 0 aliphatic rings. The lowest BCUT2D eigenvalue weighted by Gasteiger charge is -2.03. The number of hydrogen-bond acceptors (Lipinski definition) is 4. The van der Waals surface area contributed by atoms with Crippen molar-refractivity contribution in [1.29, 1.82) is 0 Å². The molecule has 0 bridgehead atoms. The molecule has 0 aliphatic carbocycles. The van der Waals surface area contributed by atoms with Crippen molar-refractivity contribution in [1.82, 2.24) is 0 Å². The molecule has 0 unspecified atom stereocenters. The smallest absolute Gasteiger partial charge is 0.463 e. The molecule has 0 spiro atoms. The van der Waals surface area contributed by atoms with Crippen LogP contribution in [0.3, 0.4) is 0 Å². The van der Waals surface area contributed by atoms with Gasteiger partial charge in [0.05, 0.1) is 0 Å². The molecular weight excluding hydrogens is 163 g/mol. The molecule has 0 N–H and O–H groups in total. The van der Waals surface area contributed by atoms with Crippen LogP contribution >= 0.6 is 0 Å². The summed E-state index contributed by atoms with van der Waals surface area (Å²) in [6, 6.07) is 0. The van der Waals surface area contributed by atoms with E-state index >= 15 is 0 Å². The van der Waals surface area contributed by atoms with Crippen LogP contribution in [0.4, 0.5) is 0 Å². The molecule has 0 fully saturated rings. The highest BCUT2D eigenvalue weighted by molar-refractivity contribution is 6.17. The van der Waals surface area contributed by atoms with Crippen LogP contribution < -0.4 is 0 Å². The maximum atomic E-state index is 4.98. The summed E-state index contributed by atoms with van der Waals surface area (Å²) in [7, 11) is 0. The molecule has 0 atom stereocenters. The van der Waals surface area contributed by atoms with E-state index in [1.165, 1.54) is 0 Å². The van der Waals surface area contributed by atoms with Crippen molar-refractivity contribution in [3.05, 3.63) is 0 Å². The number of ether oxygens (including phenoxy) is 2. The van der Waals surface area contributed by atoms with Crippen LogP contribution in [0.25, 0.3) is 0 Å². The predicted molar refractivity (Wildman–Crippen MR) is 40.9 cm³/mol. The number of hydrogen-bond donors (Lipinski definition) is 0. The normalized spacial score (nSPS) is 10.0. The zero-order valence-electron chi connectivity index (χ0n) is 7.04. The highest BCUT2D eigenvalue weighted by Gasteiger charge is 1.95. The monoisotopic (exact) mass is 177 g/mol. The Morgan fingerprint density at radius 2 is 1.36 bits per heavy atom. The van der Waals surface area contributed by atoms with Crippen molar-refractivity contribution in [2.75, 3.05) is 26.8 Å². The lowest BCUT2D eigenvalue weighted by Crippen LogP contribution is -2.10. The van der Waals surface area contributed by atoms with E-state index in [0.29, 0.717) is 26.8 Å². The highest BCUT2D eigenvalue weighted by atomic mass is 27.2. The van der Waals surface area contributed by atoms with Gasteiger partial charge in [-0.15, -0.1) is 0 Å². The second-order valence-corrected chi connectivity index (χ2v) is 2.51. The Balaban J connectivity index is 2.69. The first kappa shape index (κ1) is 11.4. The largest absolute Gasteiger partial charge is 0.671 e. The Morgan fingerprint density at radius 1 is 0.909 bits per heavy atom. The molecule has 0 saturated heterocycles. The lowest BCUT2D eigenvalue weighted by atomic mass is 10.9. The summed E-state index contributed by atoms with van der Waals surface area (Å²) < 4.78 is 19.8. The fraction of sp³-hybridized carbons (Fsp3) is 1.00. The van der Waals surface area contributed by atoms with Crippen LogP contribution in [-0.4, -0.2) is 42.7 Å². The van der Waals surface area contributed by atoms with Crippen molar-refractivity contribution in [2.24, 2.45) is 0 Å². The van der Waals surface area contributed by atoms with Crippen LogP contribution in [0.1, 0.15) is 13.8 Å². The number of rotatable bonds is 8. The first-order valence-corrected chi connectivity index (χ1v) is 4.56. The van der Waals surface area contributed by atoms with Gasteiger partial charge in [0, 0.05) is 13.2 Å². The fourth-order valence-electron chi connectivity index (χ4n) is 0.367. The van der Waals surface area contributed by atoms with E-state index in [1.807, 2.05) is 13.8 Å². The molecule has 0 aliphatic heterocycles. The molecular formula is C6H14AlO4. The maximum absolute atomic E-state index is 4.98. The molecule has 0 aromatic carbocycles. The van der Waals surface area contributed by atoms with Gasteiger partial charge < -0.3 is 17.1 Å². The summed E-state index contributed by atoms with van der Waals surface area (Å²) in [5.74, 6) is 0. The summed E-state index contributed by atoms with van der Waals surface area (Å²) in [5, 5.41) is 0. The molecule has 0 aromatic heterocycles. The van der Waals surface area contributed by atoms with E-state index in [0.717, 1.165) is 0 Å². The molecule has 0 heterocycles. The summed E-state index contributed by atoms with van der Waals surface area (Å²) in [6.45, 7) is 5.81. The SMILES string of the molecule is CCOC[O][Al][O]COCC. The molecule has 5 heteroatoms. The van der Waals surface area contributed by atoms with E-state index in [1.54, 1.807) is 0 Å². The topological polar surface area (TPSA) is 36.9 Å². The summed E-state index contributed by atoms with van der Waals surface area (Å²) >= 11 is -0.439. The van der Waals surface area contributed by atoms with Gasteiger partial charge in [-0.3, -0.25) is 0 Å². The lowest BCUT2D eigenvalue weighted by molar-refractivity contribution is -0.0201. The van der Waals surface area contributed by atoms with Gasteiger partial charge in [0.15, 0.2) is 0 Å². The van der Waals surface area contributed by atoms with Crippen LogP contribution in [0.2, 0.25) is 0 Å². The summed E-state index contributed by atoms with van der Waals surface area (Å²) in [6.07, 6.45) is 0. The molecule has 0 rings (SSSR count). The van der Waals surface area contributed by atoms with Crippen LogP contribution in [0.15, 0.2) is 0 Å². The van der Waals surface area contributed by atoms with Crippen molar-refractivity contribution in [3.63, 3.8) is 0 Å². The van der Waals surface area contributed by atoms with Gasteiger partial charge in [-0.05, 0) is 13.8 Å². The molecule has 0 amide bonds. The first-order chi connectivity index (χ1) is 5.41. The Hall–Kier alpha value is 0.372. The molecule has 0 saturated carbocycles. The van der Waals surface area contributed by atoms with Crippen molar-refractivity contribution < 1.29 is 17.1 Å². The zero-order valence-corrected chi connectivity index (χ0v) is 8.19. The van der Waals surface area contributed by atoms with E-state index in [4.69, 9.17) is 17.1 Å². The van der Waals surface area contributed by atoms with Crippen molar-refractivity contribution in [2.45, 2.75) is 13.8 Å². The third-order valence-corrected chi connectivity index (χ3v) is 1.39. The minimum atomic E-state index is -0.439. The van der Waals surface area contributed by atoms with E-state index < -0.39 is 15.9 Å². The highest BCUT2D eigenvalue weighted by Crippen LogP contribution is 1.79. The molecule has 65 valence electrons. The Morgan fingerprint density at radius 3 is 1.73 bits per heavy atom. The van der Waals surface area contributed by atoms with E-state index in [-0.39, 0.29) is 0 Å². The Kier molecular flexibility index (Phi) is 10.7. The third kappa shape index (κ3) is 10.4. The van der Waals surface area contributed by atoms with Gasteiger partial charge in [-0.2, -0.15) is 0 Å². The second-order valence-electron chi connectivity index (χ2n) is 1.65. The maximum Gasteiger partial charge on any atom is 0.671 e. The van der Waals surface area contributed by atoms with Gasteiger partial charge in [-0.25, -0.2) is 0 Å². The quantitative estimate of drug-likeness (QED) is 0.308. The van der Waals surface area contributed by atoms with E-state index in [2.05, 4.69) is 0 Å². The van der Waals surface area contributed by atoms with Gasteiger partial charge in [0.1, 0.15) is 13.6 Å². The van der Waals surface area contributed by atoms with E-state index in [9.17, 15) is 0 Å². The minimum absolute atomic E-state index is 0.317. The van der Waals surface area contributed by atoms with Crippen molar-refractivity contribution in [3.8, 4) is 0 Å². The predicted octanol–water partition coefficient (Wildman–Crippen LogP) is 0.542. The first-order valence-electron chi connectivity index (χ1n) is 3.62. The summed E-state index contributed by atoms with van der Waals surface area (Å²) in [4.78, 5) is 0. The molecule has 4 nitrogen and oxygen atoms in total. The molecule has 1 radical (unpaired) electrons. The average molecular weight is 177 g/mol. The van der Waals surface area contributed by atoms with Crippen LogP contribution in [0, 0.1) is 0 Å². The second kappa shape index (κ2) is 10.4. The van der Waals surface area contributed by atoms with Crippen molar-refractivity contribution >= 4 is 15.9 Å². The fourth-order valence-corrected chi connectivity index (χ4v) is 0.766. The van der Waals surface area contributed by atoms with Gasteiger partial charge in [0.25, 0.3) is 0 Å². The Bertz CT molecular complexity index is 63.6. The van der Waals surface area contributed by atoms with Gasteiger partial charge in [0.2, 0.25) is 0 Å². The minimum Gasteiger partial charge on any atom is -0.463 e. The third-order valence-electron chi connectivity index (χ3n) is 0.847. The average Bonchev–Trinajstić information content (AvgIpc) is 2.03. The standard InChI is InChI=1S/2C3H7O2.Al/c2*1-2-5-3-4;/h2*2-3H2,1H3;/q2*-1;+2. The Labute approximate surface area is 74.1 Å².